The third-order valence-electron chi connectivity index (χ3n) is 5.07. The van der Waals surface area contributed by atoms with E-state index < -0.39 is 0 Å². The lowest BCUT2D eigenvalue weighted by Gasteiger charge is -2.27. The molecule has 138 valence electrons. The van der Waals surface area contributed by atoms with E-state index in [1.165, 1.54) is 16.5 Å². The van der Waals surface area contributed by atoms with Crippen molar-refractivity contribution < 1.29 is 14.3 Å². The summed E-state index contributed by atoms with van der Waals surface area (Å²) in [5, 5.41) is 1.22. The molecule has 2 heterocycles. The van der Waals surface area contributed by atoms with Crippen molar-refractivity contribution in [1.29, 1.82) is 0 Å². The number of amides is 1. The second-order valence-corrected chi connectivity index (χ2v) is 6.54. The lowest BCUT2D eigenvalue weighted by Crippen LogP contribution is -2.34. The van der Waals surface area contributed by atoms with Crippen LogP contribution in [0.25, 0.3) is 16.5 Å². The zero-order valence-corrected chi connectivity index (χ0v) is 15.5. The van der Waals surface area contributed by atoms with Crippen LogP contribution in [-0.4, -0.2) is 43.1 Å². The minimum atomic E-state index is -0.0243. The monoisotopic (exact) mass is 362 g/mol. The fraction of sp³-hybridized carbons (Fsp3) is 0.227. The number of aromatic nitrogens is 1. The number of hydrogen-bond donors (Lipinski definition) is 1. The average Bonchev–Trinajstić information content (AvgIpc) is 3.17. The van der Waals surface area contributed by atoms with E-state index in [4.69, 9.17) is 9.47 Å². The van der Waals surface area contributed by atoms with Crippen molar-refractivity contribution in [2.75, 3.05) is 27.3 Å². The van der Waals surface area contributed by atoms with Gasteiger partial charge in [0.05, 0.1) is 19.8 Å². The Morgan fingerprint density at radius 3 is 2.70 bits per heavy atom. The molecule has 5 nitrogen and oxygen atoms in total. The Bertz CT molecular complexity index is 1020. The van der Waals surface area contributed by atoms with E-state index in [1.54, 1.807) is 32.4 Å². The van der Waals surface area contributed by atoms with Crippen molar-refractivity contribution in [3.63, 3.8) is 0 Å². The molecule has 0 saturated heterocycles. The Labute approximate surface area is 158 Å². The summed E-state index contributed by atoms with van der Waals surface area (Å²) in [6.45, 7) is 1.27. The molecular weight excluding hydrogens is 340 g/mol. The summed E-state index contributed by atoms with van der Waals surface area (Å²) in [6.07, 6.45) is 5.03. The van der Waals surface area contributed by atoms with E-state index in [1.807, 2.05) is 11.0 Å². The first kappa shape index (κ1) is 17.2. The molecule has 0 bridgehead atoms. The predicted octanol–water partition coefficient (Wildman–Crippen LogP) is 4.11. The molecule has 1 aliphatic heterocycles. The maximum Gasteiger partial charge on any atom is 0.257 e. The molecule has 0 unspecified atom stereocenters. The van der Waals surface area contributed by atoms with Crippen LogP contribution in [0.1, 0.15) is 22.3 Å². The summed E-state index contributed by atoms with van der Waals surface area (Å²) in [5.74, 6) is 1.18. The second-order valence-electron chi connectivity index (χ2n) is 6.54. The highest BCUT2D eigenvalue weighted by molar-refractivity contribution is 5.98. The van der Waals surface area contributed by atoms with Gasteiger partial charge in [-0.25, -0.2) is 0 Å². The normalized spacial score (nSPS) is 14.1. The highest BCUT2D eigenvalue weighted by Crippen LogP contribution is 2.31. The molecule has 0 fully saturated rings. The van der Waals surface area contributed by atoms with Crippen molar-refractivity contribution in [3.8, 4) is 11.5 Å². The number of aromatic amines is 1. The van der Waals surface area contributed by atoms with Gasteiger partial charge in [-0.1, -0.05) is 24.3 Å². The van der Waals surface area contributed by atoms with Gasteiger partial charge in [0, 0.05) is 41.8 Å². The van der Waals surface area contributed by atoms with Crippen LogP contribution in [0.2, 0.25) is 0 Å². The number of ether oxygens (including phenoxy) is 2. The molecular formula is C22H22N2O3. The molecule has 0 spiro atoms. The van der Waals surface area contributed by atoms with Gasteiger partial charge in [-0.05, 0) is 30.2 Å². The molecule has 27 heavy (non-hydrogen) atoms. The molecule has 3 aromatic rings. The van der Waals surface area contributed by atoms with Crippen LogP contribution >= 0.6 is 0 Å². The number of nitrogens with zero attached hydrogens (tertiary/aromatic N) is 1. The van der Waals surface area contributed by atoms with Crippen LogP contribution in [0.5, 0.6) is 11.5 Å². The van der Waals surface area contributed by atoms with E-state index >= 15 is 0 Å². The number of rotatable bonds is 4. The average molecular weight is 362 g/mol. The standard InChI is InChI=1S/C22H22N2O3/c1-26-16-7-8-18(21(13-16)27-2)22(25)24-11-9-15(10-12-24)19-14-23-20-6-4-3-5-17(19)20/h3-9,13-14,23H,10-12H2,1-2H3. The number of H-pyrrole nitrogens is 1. The van der Waals surface area contributed by atoms with Gasteiger partial charge in [0.15, 0.2) is 0 Å². The van der Waals surface area contributed by atoms with Crippen LogP contribution in [0.3, 0.4) is 0 Å². The topological polar surface area (TPSA) is 54.6 Å². The number of para-hydroxylation sites is 1. The van der Waals surface area contributed by atoms with Crippen LogP contribution in [0.15, 0.2) is 54.7 Å². The molecule has 1 aliphatic rings. The van der Waals surface area contributed by atoms with Crippen LogP contribution < -0.4 is 9.47 Å². The van der Waals surface area contributed by atoms with Gasteiger partial charge in [0.25, 0.3) is 5.91 Å². The first-order chi connectivity index (χ1) is 13.2. The maximum absolute atomic E-state index is 13.0. The molecule has 2 aromatic carbocycles. The Morgan fingerprint density at radius 2 is 1.96 bits per heavy atom. The predicted molar refractivity (Wildman–Crippen MR) is 106 cm³/mol. The van der Waals surface area contributed by atoms with Gasteiger partial charge in [-0.3, -0.25) is 4.79 Å². The molecule has 0 saturated carbocycles. The summed E-state index contributed by atoms with van der Waals surface area (Å²) in [5.41, 5.74) is 4.19. The summed E-state index contributed by atoms with van der Waals surface area (Å²) in [7, 11) is 3.16. The van der Waals surface area contributed by atoms with Gasteiger partial charge in [-0.15, -0.1) is 0 Å². The zero-order valence-electron chi connectivity index (χ0n) is 15.5. The number of nitrogens with one attached hydrogen (secondary N) is 1. The molecule has 1 aromatic heterocycles. The smallest absolute Gasteiger partial charge is 0.257 e. The quantitative estimate of drug-likeness (QED) is 0.760. The van der Waals surface area contributed by atoms with Crippen molar-refractivity contribution in [3.05, 3.63) is 65.9 Å². The summed E-state index contributed by atoms with van der Waals surface area (Å²) in [4.78, 5) is 18.1. The summed E-state index contributed by atoms with van der Waals surface area (Å²) >= 11 is 0. The molecule has 1 N–H and O–H groups in total. The fourth-order valence-electron chi connectivity index (χ4n) is 3.58. The number of carbonyl (C=O) groups excluding carboxylic acids is 1. The number of benzene rings is 2. The number of methoxy groups -OCH3 is 2. The van der Waals surface area contributed by atoms with E-state index in [9.17, 15) is 4.79 Å². The Balaban J connectivity index is 1.56. The maximum atomic E-state index is 13.0. The van der Waals surface area contributed by atoms with Gasteiger partial charge in [-0.2, -0.15) is 0 Å². The largest absolute Gasteiger partial charge is 0.497 e. The van der Waals surface area contributed by atoms with E-state index in [0.717, 1.165) is 11.9 Å². The summed E-state index contributed by atoms with van der Waals surface area (Å²) < 4.78 is 10.6. The van der Waals surface area contributed by atoms with Gasteiger partial charge in [0.1, 0.15) is 11.5 Å². The minimum Gasteiger partial charge on any atom is -0.497 e. The molecule has 0 atom stereocenters. The first-order valence-corrected chi connectivity index (χ1v) is 8.98. The van der Waals surface area contributed by atoms with E-state index in [-0.39, 0.29) is 5.91 Å². The minimum absolute atomic E-state index is 0.0243. The second kappa shape index (κ2) is 7.19. The van der Waals surface area contributed by atoms with E-state index in [0.29, 0.717) is 30.2 Å². The van der Waals surface area contributed by atoms with Crippen molar-refractivity contribution in [1.82, 2.24) is 9.88 Å². The van der Waals surface area contributed by atoms with E-state index in [2.05, 4.69) is 35.5 Å². The summed E-state index contributed by atoms with van der Waals surface area (Å²) in [6, 6.07) is 13.6. The number of carbonyl (C=O) groups is 1. The highest BCUT2D eigenvalue weighted by Gasteiger charge is 2.23. The molecule has 0 radical (unpaired) electrons. The van der Waals surface area contributed by atoms with Crippen molar-refractivity contribution in [2.24, 2.45) is 0 Å². The first-order valence-electron chi connectivity index (χ1n) is 8.98. The molecule has 1 amide bonds. The van der Waals surface area contributed by atoms with Crippen LogP contribution in [0, 0.1) is 0 Å². The van der Waals surface area contributed by atoms with Crippen molar-refractivity contribution >= 4 is 22.4 Å². The highest BCUT2D eigenvalue weighted by atomic mass is 16.5. The Kier molecular flexibility index (Phi) is 4.59. The Morgan fingerprint density at radius 1 is 1.11 bits per heavy atom. The molecule has 4 rings (SSSR count). The Hall–Kier alpha value is -3.21. The van der Waals surface area contributed by atoms with Gasteiger partial charge in [0.2, 0.25) is 0 Å². The lowest BCUT2D eigenvalue weighted by atomic mass is 9.98. The third-order valence-corrected chi connectivity index (χ3v) is 5.07. The van der Waals surface area contributed by atoms with Gasteiger partial charge >= 0.3 is 0 Å². The lowest BCUT2D eigenvalue weighted by molar-refractivity contribution is 0.0769. The molecule has 0 aliphatic carbocycles. The van der Waals surface area contributed by atoms with Crippen molar-refractivity contribution in [2.45, 2.75) is 6.42 Å². The SMILES string of the molecule is COc1ccc(C(=O)N2CC=C(c3c[nH]c4ccccc34)CC2)c(OC)c1. The molecule has 5 heteroatoms. The van der Waals surface area contributed by atoms with Crippen LogP contribution in [-0.2, 0) is 0 Å². The number of hydrogen-bond acceptors (Lipinski definition) is 3. The van der Waals surface area contributed by atoms with Crippen LogP contribution in [0.4, 0.5) is 0 Å². The number of fused-ring (bicyclic) bond motifs is 1. The third kappa shape index (κ3) is 3.16. The fourth-order valence-corrected chi connectivity index (χ4v) is 3.58. The van der Waals surface area contributed by atoms with Gasteiger partial charge < -0.3 is 19.4 Å². The zero-order chi connectivity index (χ0) is 18.8.